The lowest BCUT2D eigenvalue weighted by Gasteiger charge is -2.12. The number of pyridine rings is 1. The third-order valence-electron chi connectivity index (χ3n) is 5.94. The molecule has 1 saturated carbocycles. The Morgan fingerprint density at radius 3 is 2.46 bits per heavy atom. The maximum absolute atomic E-state index is 14.8. The molecule has 202 valence electrons. The molecule has 0 unspecified atom stereocenters. The number of carboxylic acids is 2. The molecule has 0 spiro atoms. The predicted octanol–water partition coefficient (Wildman–Crippen LogP) is 3.84. The fourth-order valence-electron chi connectivity index (χ4n) is 3.79. The Bertz CT molecular complexity index is 1530. The molecule has 1 fully saturated rings. The summed E-state index contributed by atoms with van der Waals surface area (Å²) in [6.45, 7) is 5.85. The lowest BCUT2D eigenvalue weighted by atomic mass is 10.1. The van der Waals surface area contributed by atoms with Crippen molar-refractivity contribution in [2.45, 2.75) is 45.6 Å². The van der Waals surface area contributed by atoms with Gasteiger partial charge in [-0.1, -0.05) is 6.07 Å². The molecule has 5 rings (SSSR count). The van der Waals surface area contributed by atoms with E-state index >= 15 is 0 Å². The second kappa shape index (κ2) is 11.2. The number of benzene rings is 1. The Hall–Kier alpha value is -4.94. The number of anilines is 1. The van der Waals surface area contributed by atoms with Gasteiger partial charge in [-0.15, -0.1) is 10.2 Å². The van der Waals surface area contributed by atoms with Crippen molar-refractivity contribution >= 4 is 23.7 Å². The van der Waals surface area contributed by atoms with E-state index in [0.717, 1.165) is 24.1 Å². The highest BCUT2D eigenvalue weighted by Gasteiger charge is 2.26. The van der Waals surface area contributed by atoms with Gasteiger partial charge in [0.25, 0.3) is 5.91 Å². The molecule has 1 aliphatic rings. The first kappa shape index (κ1) is 27.1. The topological polar surface area (TPSA) is 165 Å². The normalized spacial score (nSPS) is 12.5. The Morgan fingerprint density at radius 2 is 1.82 bits per heavy atom. The van der Waals surface area contributed by atoms with Gasteiger partial charge in [0.1, 0.15) is 23.7 Å². The number of carboxylic acid groups (broad SMARTS) is 2. The van der Waals surface area contributed by atoms with Crippen LogP contribution in [-0.2, 0) is 9.59 Å². The van der Waals surface area contributed by atoms with Gasteiger partial charge in [0.05, 0.1) is 23.3 Å². The number of aliphatic carboxylic acids is 2. The first-order valence-corrected chi connectivity index (χ1v) is 12.0. The molecule has 0 aliphatic heterocycles. The van der Waals surface area contributed by atoms with E-state index in [4.69, 9.17) is 19.8 Å². The van der Waals surface area contributed by atoms with Crippen LogP contribution in [0.4, 0.5) is 10.2 Å². The van der Waals surface area contributed by atoms with Crippen LogP contribution >= 0.6 is 0 Å². The number of hydrogen-bond acceptors (Lipinski definition) is 7. The molecule has 1 aromatic carbocycles. The van der Waals surface area contributed by atoms with E-state index in [0.29, 0.717) is 28.9 Å². The Morgan fingerprint density at radius 1 is 1.10 bits per heavy atom. The lowest BCUT2D eigenvalue weighted by molar-refractivity contribution is -0.159. The summed E-state index contributed by atoms with van der Waals surface area (Å²) in [5.41, 5.74) is 2.97. The maximum Gasteiger partial charge on any atom is 0.414 e. The number of hydrogen-bond donors (Lipinski definition) is 3. The van der Waals surface area contributed by atoms with Gasteiger partial charge in [0.15, 0.2) is 5.82 Å². The van der Waals surface area contributed by atoms with Crippen molar-refractivity contribution in [1.29, 1.82) is 0 Å². The molecule has 0 radical (unpaired) electrons. The number of carbonyl (C=O) groups is 3. The number of rotatable bonds is 6. The van der Waals surface area contributed by atoms with Crippen LogP contribution in [0, 0.1) is 12.7 Å². The summed E-state index contributed by atoms with van der Waals surface area (Å²) >= 11 is 0. The number of imidazole rings is 1. The predicted molar refractivity (Wildman–Crippen MR) is 137 cm³/mol. The van der Waals surface area contributed by atoms with Crippen molar-refractivity contribution in [2.75, 3.05) is 5.32 Å². The van der Waals surface area contributed by atoms with Crippen molar-refractivity contribution < 1.29 is 29.0 Å². The fraction of sp³-hybridized carbons (Fsp3) is 0.269. The van der Waals surface area contributed by atoms with Crippen LogP contribution in [0.15, 0.2) is 49.2 Å². The van der Waals surface area contributed by atoms with Gasteiger partial charge in [-0.05, 0) is 63.4 Å². The second-order valence-electron chi connectivity index (χ2n) is 9.23. The van der Waals surface area contributed by atoms with Crippen LogP contribution in [0.5, 0.6) is 0 Å². The quantitative estimate of drug-likeness (QED) is 0.311. The highest BCUT2D eigenvalue weighted by molar-refractivity contribution is 6.27. The van der Waals surface area contributed by atoms with Crippen molar-refractivity contribution in [2.24, 2.45) is 0 Å². The van der Waals surface area contributed by atoms with E-state index in [1.165, 1.54) is 6.07 Å². The molecule has 0 atom stereocenters. The minimum Gasteiger partial charge on any atom is -0.473 e. The molecule has 0 saturated heterocycles. The lowest BCUT2D eigenvalue weighted by Crippen LogP contribution is -2.16. The highest BCUT2D eigenvalue weighted by atomic mass is 19.1. The number of halogens is 1. The number of aromatic nitrogens is 6. The number of amides is 1. The minimum absolute atomic E-state index is 0.0603. The molecular weight excluding hydrogens is 509 g/mol. The average Bonchev–Trinajstić information content (AvgIpc) is 3.40. The smallest absolute Gasteiger partial charge is 0.414 e. The Kier molecular flexibility index (Phi) is 7.79. The highest BCUT2D eigenvalue weighted by Crippen LogP contribution is 2.39. The summed E-state index contributed by atoms with van der Waals surface area (Å²) < 4.78 is 18.5. The van der Waals surface area contributed by atoms with Crippen molar-refractivity contribution in [3.8, 4) is 17.2 Å². The molecule has 1 aliphatic carbocycles. The monoisotopic (exact) mass is 535 g/mol. The van der Waals surface area contributed by atoms with E-state index in [2.05, 4.69) is 25.5 Å². The van der Waals surface area contributed by atoms with Crippen LogP contribution in [0.3, 0.4) is 0 Å². The number of nitrogens with one attached hydrogen (secondary N) is 1. The van der Waals surface area contributed by atoms with E-state index in [-0.39, 0.29) is 11.6 Å². The van der Waals surface area contributed by atoms with Gasteiger partial charge in [0, 0.05) is 18.2 Å². The largest absolute Gasteiger partial charge is 0.473 e. The molecule has 0 bridgehead atoms. The molecule has 4 aromatic rings. The number of nitrogens with zero attached hydrogens (tertiary/aromatic N) is 6. The minimum atomic E-state index is -1.82. The van der Waals surface area contributed by atoms with Gasteiger partial charge < -0.3 is 24.7 Å². The van der Waals surface area contributed by atoms with E-state index in [1.54, 1.807) is 36.9 Å². The van der Waals surface area contributed by atoms with Gasteiger partial charge in [-0.3, -0.25) is 4.79 Å². The van der Waals surface area contributed by atoms with Gasteiger partial charge in [-0.25, -0.2) is 23.9 Å². The standard InChI is InChI=1S/C24H24FN7O.C2H2O4/c1-14(2)32-13-27-30-23(32)19-5-4-6-22(28-19)29-24(33)17-10-21(15(3)9-18(17)25)31-11-20(26-12-31)16-7-8-16;3-1(4)2(5)6/h4-6,9-14,16H,7-8H2,1-3H3,(H,28,29,33);(H,3,4)(H,5,6). The second-order valence-corrected chi connectivity index (χ2v) is 9.23. The first-order valence-electron chi connectivity index (χ1n) is 12.0. The van der Waals surface area contributed by atoms with Crippen molar-refractivity contribution in [3.63, 3.8) is 0 Å². The molecule has 3 aromatic heterocycles. The average molecular weight is 536 g/mol. The zero-order valence-electron chi connectivity index (χ0n) is 21.4. The SMILES string of the molecule is Cc1cc(F)c(C(=O)Nc2cccc(-c3nncn3C(C)C)n2)cc1-n1cnc(C2CC2)c1.O=C(O)C(=O)O. The van der Waals surface area contributed by atoms with E-state index in [1.807, 2.05) is 36.1 Å². The zero-order chi connectivity index (χ0) is 28.3. The molecule has 13 heteroatoms. The van der Waals surface area contributed by atoms with Gasteiger partial charge in [0.2, 0.25) is 0 Å². The molecular formula is C26H26FN7O5. The molecule has 3 N–H and O–H groups in total. The first-order chi connectivity index (χ1) is 18.5. The Labute approximate surface area is 222 Å². The maximum atomic E-state index is 14.8. The summed E-state index contributed by atoms with van der Waals surface area (Å²) in [5, 5.41) is 25.6. The number of aryl methyl sites for hydroxylation is 1. The van der Waals surface area contributed by atoms with Crippen LogP contribution in [0.1, 0.15) is 60.3 Å². The third kappa shape index (κ3) is 6.32. The summed E-state index contributed by atoms with van der Waals surface area (Å²) in [6.07, 6.45) is 7.60. The third-order valence-corrected chi connectivity index (χ3v) is 5.94. The molecule has 3 heterocycles. The molecule has 1 amide bonds. The van der Waals surface area contributed by atoms with Crippen LogP contribution < -0.4 is 5.32 Å². The zero-order valence-corrected chi connectivity index (χ0v) is 21.4. The van der Waals surface area contributed by atoms with E-state index < -0.39 is 23.7 Å². The molecule has 12 nitrogen and oxygen atoms in total. The summed E-state index contributed by atoms with van der Waals surface area (Å²) in [5.74, 6) is -3.41. The Balaban J connectivity index is 0.000000531. The van der Waals surface area contributed by atoms with E-state index in [9.17, 15) is 9.18 Å². The van der Waals surface area contributed by atoms with Crippen molar-refractivity contribution in [3.05, 3.63) is 71.8 Å². The summed E-state index contributed by atoms with van der Waals surface area (Å²) in [6, 6.07) is 8.29. The number of carbonyl (C=O) groups excluding carboxylic acids is 1. The molecule has 39 heavy (non-hydrogen) atoms. The van der Waals surface area contributed by atoms with Gasteiger partial charge in [-0.2, -0.15) is 0 Å². The van der Waals surface area contributed by atoms with Crippen LogP contribution in [0.2, 0.25) is 0 Å². The van der Waals surface area contributed by atoms with Crippen LogP contribution in [0.25, 0.3) is 17.2 Å². The van der Waals surface area contributed by atoms with Crippen molar-refractivity contribution in [1.82, 2.24) is 29.3 Å². The fourth-order valence-corrected chi connectivity index (χ4v) is 3.79. The van der Waals surface area contributed by atoms with Gasteiger partial charge >= 0.3 is 11.9 Å². The summed E-state index contributed by atoms with van der Waals surface area (Å²) in [7, 11) is 0. The summed E-state index contributed by atoms with van der Waals surface area (Å²) in [4.78, 5) is 40.1. The van der Waals surface area contributed by atoms with Crippen LogP contribution in [-0.4, -0.2) is 57.4 Å².